The molecule has 82 valence electrons. The maximum atomic E-state index is 13.1. The molecule has 2 atom stereocenters. The highest BCUT2D eigenvalue weighted by molar-refractivity contribution is 9.10. The number of alkyl halides is 1. The summed E-state index contributed by atoms with van der Waals surface area (Å²) < 4.78 is 14.0. The van der Waals surface area contributed by atoms with Crippen LogP contribution < -0.4 is 0 Å². The Morgan fingerprint density at radius 3 is 2.67 bits per heavy atom. The third kappa shape index (κ3) is 3.28. The Morgan fingerprint density at radius 2 is 2.07 bits per heavy atom. The van der Waals surface area contributed by atoms with Crippen molar-refractivity contribution >= 4 is 31.9 Å². The molecule has 15 heavy (non-hydrogen) atoms. The smallest absolute Gasteiger partial charge is 0.124 e. The largest absolute Gasteiger partial charge is 0.207 e. The van der Waals surface area contributed by atoms with Gasteiger partial charge in [0, 0.05) is 9.30 Å². The van der Waals surface area contributed by atoms with Gasteiger partial charge in [0.1, 0.15) is 5.82 Å². The Hall–Kier alpha value is 0.110. The molecule has 0 N–H and O–H groups in total. The minimum Gasteiger partial charge on any atom is -0.207 e. The number of rotatable bonds is 2. The molecule has 1 aliphatic carbocycles. The van der Waals surface area contributed by atoms with Gasteiger partial charge < -0.3 is 0 Å². The summed E-state index contributed by atoms with van der Waals surface area (Å²) in [4.78, 5) is 0.666. The Labute approximate surface area is 107 Å². The highest BCUT2D eigenvalue weighted by atomic mass is 79.9. The third-order valence-corrected chi connectivity index (χ3v) is 4.21. The van der Waals surface area contributed by atoms with Gasteiger partial charge in [-0.15, -0.1) is 0 Å². The lowest BCUT2D eigenvalue weighted by Gasteiger charge is -2.09. The Kier molecular flexibility index (Phi) is 3.83. The van der Waals surface area contributed by atoms with Crippen LogP contribution in [0.4, 0.5) is 4.39 Å². The van der Waals surface area contributed by atoms with Crippen molar-refractivity contribution < 1.29 is 4.39 Å². The quantitative estimate of drug-likeness (QED) is 0.687. The molecule has 1 aromatic rings. The van der Waals surface area contributed by atoms with Gasteiger partial charge in [0.2, 0.25) is 0 Å². The van der Waals surface area contributed by atoms with Gasteiger partial charge in [-0.25, -0.2) is 4.39 Å². The second-order valence-electron chi connectivity index (χ2n) is 4.26. The minimum absolute atomic E-state index is 0.146. The van der Waals surface area contributed by atoms with Crippen LogP contribution in [0, 0.1) is 11.7 Å². The normalized spacial score (nSPS) is 25.8. The van der Waals surface area contributed by atoms with Crippen LogP contribution in [0.15, 0.2) is 22.7 Å². The molecular formula is C12H13Br2F. The summed E-state index contributed by atoms with van der Waals surface area (Å²) in [6.45, 7) is 0. The second-order valence-corrected chi connectivity index (χ2v) is 6.47. The Bertz CT molecular complexity index is 331. The summed E-state index contributed by atoms with van der Waals surface area (Å²) in [6.07, 6.45) is 4.72. The number of hydrogen-bond donors (Lipinski definition) is 0. The molecule has 1 fully saturated rings. The maximum Gasteiger partial charge on any atom is 0.124 e. The van der Waals surface area contributed by atoms with Crippen LogP contribution in [0.2, 0.25) is 0 Å². The first-order valence-corrected chi connectivity index (χ1v) is 6.93. The van der Waals surface area contributed by atoms with Crippen molar-refractivity contribution in [1.82, 2.24) is 0 Å². The van der Waals surface area contributed by atoms with Gasteiger partial charge in [-0.05, 0) is 55.4 Å². The number of hydrogen-bond acceptors (Lipinski definition) is 0. The van der Waals surface area contributed by atoms with Crippen molar-refractivity contribution in [2.75, 3.05) is 0 Å². The topological polar surface area (TPSA) is 0 Å². The lowest BCUT2D eigenvalue weighted by molar-refractivity contribution is 0.544. The van der Waals surface area contributed by atoms with E-state index in [0.29, 0.717) is 10.7 Å². The van der Waals surface area contributed by atoms with E-state index >= 15 is 0 Å². The maximum absolute atomic E-state index is 13.1. The fourth-order valence-corrected chi connectivity index (χ4v) is 3.57. The van der Waals surface area contributed by atoms with Crippen molar-refractivity contribution in [3.63, 3.8) is 0 Å². The first-order chi connectivity index (χ1) is 7.13. The van der Waals surface area contributed by atoms with E-state index in [1.54, 1.807) is 6.07 Å². The molecule has 0 aliphatic heterocycles. The van der Waals surface area contributed by atoms with Gasteiger partial charge in [-0.2, -0.15) is 0 Å². The van der Waals surface area contributed by atoms with E-state index in [0.717, 1.165) is 16.5 Å². The van der Waals surface area contributed by atoms with Crippen LogP contribution in [0.5, 0.6) is 0 Å². The number of halogens is 3. The summed E-state index contributed by atoms with van der Waals surface area (Å²) in [7, 11) is 0. The molecule has 1 saturated carbocycles. The molecule has 0 radical (unpaired) electrons. The molecule has 2 unspecified atom stereocenters. The third-order valence-electron chi connectivity index (χ3n) is 2.92. The Balaban J connectivity index is 2.04. The first-order valence-electron chi connectivity index (χ1n) is 5.22. The summed E-state index contributed by atoms with van der Waals surface area (Å²) in [5.41, 5.74) is 1.11. The summed E-state index contributed by atoms with van der Waals surface area (Å²) in [5.74, 6) is 0.566. The molecule has 0 aromatic heterocycles. The van der Waals surface area contributed by atoms with Gasteiger partial charge in [-0.1, -0.05) is 31.9 Å². The molecule has 2 rings (SSSR count). The standard InChI is InChI=1S/C12H13Br2F/c13-10-2-1-8(4-10)3-9-5-11(14)7-12(15)6-9/h5-8,10H,1-4H2. The molecule has 0 spiro atoms. The lowest BCUT2D eigenvalue weighted by Crippen LogP contribution is -2.00. The predicted molar refractivity (Wildman–Crippen MR) is 67.9 cm³/mol. The second kappa shape index (κ2) is 4.96. The van der Waals surface area contributed by atoms with E-state index in [9.17, 15) is 4.39 Å². The highest BCUT2D eigenvalue weighted by Gasteiger charge is 2.22. The van der Waals surface area contributed by atoms with Gasteiger partial charge in [0.05, 0.1) is 0 Å². The fourth-order valence-electron chi connectivity index (χ4n) is 2.26. The zero-order valence-electron chi connectivity index (χ0n) is 8.35. The summed E-state index contributed by atoms with van der Waals surface area (Å²) in [6, 6.07) is 5.17. The number of benzene rings is 1. The Morgan fingerprint density at radius 1 is 1.27 bits per heavy atom. The highest BCUT2D eigenvalue weighted by Crippen LogP contribution is 2.33. The zero-order valence-corrected chi connectivity index (χ0v) is 11.5. The fraction of sp³-hybridized carbons (Fsp3) is 0.500. The first kappa shape index (κ1) is 11.6. The molecular weight excluding hydrogens is 323 g/mol. The lowest BCUT2D eigenvalue weighted by atomic mass is 9.98. The molecule has 1 aromatic carbocycles. The van der Waals surface area contributed by atoms with E-state index in [4.69, 9.17) is 0 Å². The molecule has 0 bridgehead atoms. The molecule has 3 heteroatoms. The minimum atomic E-state index is -0.146. The molecule has 1 aliphatic rings. The van der Waals surface area contributed by atoms with E-state index in [-0.39, 0.29) is 5.82 Å². The molecule has 0 heterocycles. The molecule has 0 saturated heterocycles. The van der Waals surface area contributed by atoms with Crippen LogP contribution >= 0.6 is 31.9 Å². The van der Waals surface area contributed by atoms with E-state index in [2.05, 4.69) is 31.9 Å². The van der Waals surface area contributed by atoms with Crippen LogP contribution in [-0.4, -0.2) is 4.83 Å². The average molecular weight is 336 g/mol. The van der Waals surface area contributed by atoms with Crippen molar-refractivity contribution in [2.45, 2.75) is 30.5 Å². The summed E-state index contributed by atoms with van der Waals surface area (Å²) in [5, 5.41) is 0. The van der Waals surface area contributed by atoms with Crippen LogP contribution in [0.3, 0.4) is 0 Å². The van der Waals surface area contributed by atoms with Crippen molar-refractivity contribution in [3.8, 4) is 0 Å². The monoisotopic (exact) mass is 334 g/mol. The van der Waals surface area contributed by atoms with E-state index in [1.807, 2.05) is 6.07 Å². The van der Waals surface area contributed by atoms with Crippen LogP contribution in [0.1, 0.15) is 24.8 Å². The van der Waals surface area contributed by atoms with Gasteiger partial charge in [0.15, 0.2) is 0 Å². The predicted octanol–water partition coefficient (Wildman–Crippen LogP) is 4.69. The van der Waals surface area contributed by atoms with Gasteiger partial charge >= 0.3 is 0 Å². The van der Waals surface area contributed by atoms with Gasteiger partial charge in [0.25, 0.3) is 0 Å². The van der Waals surface area contributed by atoms with Gasteiger partial charge in [-0.3, -0.25) is 0 Å². The van der Waals surface area contributed by atoms with Crippen LogP contribution in [-0.2, 0) is 6.42 Å². The summed E-state index contributed by atoms with van der Waals surface area (Å²) >= 11 is 6.96. The SMILES string of the molecule is Fc1cc(Br)cc(CC2CCC(Br)C2)c1. The molecule has 0 nitrogen and oxygen atoms in total. The van der Waals surface area contributed by atoms with Crippen molar-refractivity contribution in [2.24, 2.45) is 5.92 Å². The zero-order chi connectivity index (χ0) is 10.8. The van der Waals surface area contributed by atoms with E-state index < -0.39 is 0 Å². The van der Waals surface area contributed by atoms with Crippen molar-refractivity contribution in [1.29, 1.82) is 0 Å². The average Bonchev–Trinajstić information content (AvgIpc) is 2.49. The molecule has 0 amide bonds. The van der Waals surface area contributed by atoms with Crippen LogP contribution in [0.25, 0.3) is 0 Å². The van der Waals surface area contributed by atoms with E-state index in [1.165, 1.54) is 25.3 Å². The van der Waals surface area contributed by atoms with Crippen molar-refractivity contribution in [3.05, 3.63) is 34.1 Å².